The number of ether oxygens (including phenoxy) is 1. The number of carbonyl (C=O) groups excluding carboxylic acids is 1. The molecule has 0 saturated heterocycles. The maximum Gasteiger partial charge on any atom is 0.275 e. The Morgan fingerprint density at radius 2 is 2.12 bits per heavy atom. The van der Waals surface area contributed by atoms with E-state index in [1.165, 1.54) is 0 Å². The quantitative estimate of drug-likeness (QED) is 0.881. The van der Waals surface area contributed by atoms with Crippen molar-refractivity contribution < 1.29 is 22.3 Å². The number of hydrogen-bond acceptors (Lipinski definition) is 4. The molecule has 1 aromatic carbocycles. The number of nitrogens with two attached hydrogens (primary N) is 1. The van der Waals surface area contributed by atoms with E-state index >= 15 is 0 Å². The monoisotopic (exact) mass is 281 g/mol. The van der Waals surface area contributed by atoms with Crippen molar-refractivity contribution >= 4 is 27.3 Å². The predicted molar refractivity (Wildman–Crippen MR) is 59.9 cm³/mol. The lowest BCUT2D eigenvalue weighted by molar-refractivity contribution is -0.121. The lowest BCUT2D eigenvalue weighted by Crippen LogP contribution is -2.40. The van der Waals surface area contributed by atoms with Gasteiger partial charge in [-0.2, -0.15) is 0 Å². The van der Waals surface area contributed by atoms with Gasteiger partial charge < -0.3 is 10.5 Å². The molecule has 0 aromatic heterocycles. The highest BCUT2D eigenvalue weighted by molar-refractivity contribution is 7.91. The summed E-state index contributed by atoms with van der Waals surface area (Å²) >= 11 is 5.62. The number of halogens is 2. The molecule has 0 heterocycles. The van der Waals surface area contributed by atoms with E-state index in [-0.39, 0.29) is 10.8 Å². The van der Waals surface area contributed by atoms with Gasteiger partial charge in [-0.1, -0.05) is 11.6 Å². The van der Waals surface area contributed by atoms with Gasteiger partial charge in [-0.15, -0.1) is 0 Å². The molecule has 1 rings (SSSR count). The molecule has 8 heteroatoms. The molecule has 0 aliphatic rings. The van der Waals surface area contributed by atoms with Gasteiger partial charge in [0.25, 0.3) is 11.3 Å². The zero-order valence-corrected chi connectivity index (χ0v) is 10.3. The van der Waals surface area contributed by atoms with Crippen LogP contribution in [-0.4, -0.2) is 26.0 Å². The van der Waals surface area contributed by atoms with Crippen LogP contribution in [0.4, 0.5) is 4.39 Å². The molecule has 94 valence electrons. The average Bonchev–Trinajstić information content (AvgIpc) is 2.13. The minimum absolute atomic E-state index is 0.137. The second-order valence-electron chi connectivity index (χ2n) is 3.26. The smallest absolute Gasteiger partial charge is 0.275 e. The molecule has 0 saturated carbocycles. The number of amides is 1. The summed E-state index contributed by atoms with van der Waals surface area (Å²) in [5.41, 5.74) is 3.03. The third-order valence-corrected chi connectivity index (χ3v) is 3.15. The third-order valence-electron chi connectivity index (χ3n) is 1.75. The van der Waals surface area contributed by atoms with Gasteiger partial charge in [0.1, 0.15) is 11.6 Å². The summed E-state index contributed by atoms with van der Waals surface area (Å²) in [5.74, 6) is -1.92. The second-order valence-corrected chi connectivity index (χ2v) is 5.75. The molecule has 5 nitrogen and oxygen atoms in total. The van der Waals surface area contributed by atoms with Crippen LogP contribution in [0.15, 0.2) is 18.2 Å². The van der Waals surface area contributed by atoms with Gasteiger partial charge in [0, 0.05) is 6.26 Å². The number of benzene rings is 1. The number of sulfone groups is 1. The lowest BCUT2D eigenvalue weighted by Gasteiger charge is -2.14. The largest absolute Gasteiger partial charge is 0.463 e. The highest BCUT2D eigenvalue weighted by Gasteiger charge is 2.29. The molecule has 1 atom stereocenters. The molecule has 0 aliphatic carbocycles. The lowest BCUT2D eigenvalue weighted by atomic mass is 10.3. The number of carbonyl (C=O) groups is 1. The fourth-order valence-corrected chi connectivity index (χ4v) is 1.95. The van der Waals surface area contributed by atoms with E-state index in [2.05, 4.69) is 0 Å². The Morgan fingerprint density at radius 1 is 1.53 bits per heavy atom. The summed E-state index contributed by atoms with van der Waals surface area (Å²) in [6.45, 7) is 0. The molecular formula is C9H9ClFNO4S. The molecule has 1 aromatic rings. The fraction of sp³-hybridized carbons (Fsp3) is 0.222. The molecule has 0 spiro atoms. The Labute approximate surface area is 102 Å². The summed E-state index contributed by atoms with van der Waals surface area (Å²) in [7, 11) is -3.84. The Morgan fingerprint density at radius 3 is 2.53 bits per heavy atom. The van der Waals surface area contributed by atoms with Crippen LogP contribution in [0.25, 0.3) is 0 Å². The van der Waals surface area contributed by atoms with E-state index in [1.54, 1.807) is 0 Å². The summed E-state index contributed by atoms with van der Waals surface area (Å²) in [5, 5.41) is -0.153. The minimum atomic E-state index is -3.84. The van der Waals surface area contributed by atoms with Crippen molar-refractivity contribution in [1.29, 1.82) is 0 Å². The number of rotatable bonds is 4. The normalized spacial score (nSPS) is 13.1. The molecule has 2 N–H and O–H groups in total. The highest BCUT2D eigenvalue weighted by atomic mass is 35.5. The van der Waals surface area contributed by atoms with Gasteiger partial charge in [-0.25, -0.2) is 12.8 Å². The van der Waals surface area contributed by atoms with Crippen molar-refractivity contribution in [1.82, 2.24) is 0 Å². The van der Waals surface area contributed by atoms with Gasteiger partial charge in [0.05, 0.1) is 5.02 Å². The van der Waals surface area contributed by atoms with Crippen molar-refractivity contribution in [2.45, 2.75) is 5.44 Å². The third kappa shape index (κ3) is 3.57. The van der Waals surface area contributed by atoms with Crippen molar-refractivity contribution in [2.24, 2.45) is 5.73 Å². The molecule has 1 unspecified atom stereocenters. The first-order valence-electron chi connectivity index (χ1n) is 4.31. The van der Waals surface area contributed by atoms with Crippen LogP contribution in [0.1, 0.15) is 0 Å². The van der Waals surface area contributed by atoms with Crippen LogP contribution in [0, 0.1) is 5.82 Å². The van der Waals surface area contributed by atoms with Gasteiger partial charge in [-0.05, 0) is 18.2 Å². The number of primary amides is 1. The van der Waals surface area contributed by atoms with Gasteiger partial charge >= 0.3 is 0 Å². The van der Waals surface area contributed by atoms with E-state index < -0.39 is 27.0 Å². The number of hydrogen-bond donors (Lipinski definition) is 1. The first-order chi connectivity index (χ1) is 7.71. The maximum atomic E-state index is 12.7. The van der Waals surface area contributed by atoms with E-state index in [1.807, 2.05) is 0 Å². The topological polar surface area (TPSA) is 86.5 Å². The molecule has 0 aliphatic heterocycles. The van der Waals surface area contributed by atoms with Crippen LogP contribution in [0.2, 0.25) is 5.02 Å². The Balaban J connectivity index is 3.07. The standard InChI is InChI=1S/C9H9ClFNO4S/c1-17(14,15)9(8(12)13)16-7-3-2-5(11)4-6(7)10/h2-4,9H,1H3,(H2,12,13). The van der Waals surface area contributed by atoms with E-state index in [0.29, 0.717) is 0 Å². The summed E-state index contributed by atoms with van der Waals surface area (Å²) in [4.78, 5) is 10.9. The molecule has 0 fully saturated rings. The van der Waals surface area contributed by atoms with Gasteiger partial charge in [0.2, 0.25) is 0 Å². The molecular weight excluding hydrogens is 273 g/mol. The molecule has 0 bridgehead atoms. The van der Waals surface area contributed by atoms with Crippen molar-refractivity contribution in [3.05, 3.63) is 29.0 Å². The zero-order chi connectivity index (χ0) is 13.2. The first-order valence-corrected chi connectivity index (χ1v) is 6.65. The Kier molecular flexibility index (Phi) is 3.94. The van der Waals surface area contributed by atoms with E-state index in [9.17, 15) is 17.6 Å². The fourth-order valence-electron chi connectivity index (χ4n) is 1.04. The highest BCUT2D eigenvalue weighted by Crippen LogP contribution is 2.26. The van der Waals surface area contributed by atoms with E-state index in [4.69, 9.17) is 22.1 Å². The SMILES string of the molecule is CS(=O)(=O)C(Oc1ccc(F)cc1Cl)C(N)=O. The van der Waals surface area contributed by atoms with Crippen molar-refractivity contribution in [3.8, 4) is 5.75 Å². The van der Waals surface area contributed by atoms with Crippen LogP contribution >= 0.6 is 11.6 Å². The summed E-state index contributed by atoms with van der Waals surface area (Å²) in [6.07, 6.45) is 0.792. The zero-order valence-electron chi connectivity index (χ0n) is 8.68. The maximum absolute atomic E-state index is 12.7. The average molecular weight is 282 g/mol. The van der Waals surface area contributed by atoms with E-state index in [0.717, 1.165) is 24.5 Å². The van der Waals surface area contributed by atoms with Crippen LogP contribution in [-0.2, 0) is 14.6 Å². The summed E-state index contributed by atoms with van der Waals surface area (Å²) < 4.78 is 40.0. The van der Waals surface area contributed by atoms with Crippen LogP contribution in [0.5, 0.6) is 5.75 Å². The minimum Gasteiger partial charge on any atom is -0.463 e. The van der Waals surface area contributed by atoms with Crippen LogP contribution < -0.4 is 10.5 Å². The second kappa shape index (κ2) is 4.89. The van der Waals surface area contributed by atoms with Gasteiger partial charge in [0.15, 0.2) is 9.84 Å². The summed E-state index contributed by atoms with van der Waals surface area (Å²) in [6, 6.07) is 3.05. The van der Waals surface area contributed by atoms with Crippen molar-refractivity contribution in [2.75, 3.05) is 6.26 Å². The molecule has 17 heavy (non-hydrogen) atoms. The Bertz CT molecular complexity index is 546. The molecule has 0 radical (unpaired) electrons. The molecule has 1 amide bonds. The van der Waals surface area contributed by atoms with Crippen LogP contribution in [0.3, 0.4) is 0 Å². The Hall–Kier alpha value is -1.34. The predicted octanol–water partition coefficient (Wildman–Crippen LogP) is 0.714. The van der Waals surface area contributed by atoms with Gasteiger partial charge in [-0.3, -0.25) is 4.79 Å². The first kappa shape index (κ1) is 13.7. The van der Waals surface area contributed by atoms with Crippen molar-refractivity contribution in [3.63, 3.8) is 0 Å².